The number of rotatable bonds is 5. The van der Waals surface area contributed by atoms with Gasteiger partial charge in [0.15, 0.2) is 5.82 Å². The third kappa shape index (κ3) is 3.75. The number of carbonyl (C=O) groups excluding carboxylic acids is 1. The molecule has 2 atom stereocenters. The van der Waals surface area contributed by atoms with E-state index in [1.54, 1.807) is 6.33 Å². The van der Waals surface area contributed by atoms with Gasteiger partial charge in [0, 0.05) is 13.6 Å². The number of aryl methyl sites for hydroxylation is 1. The summed E-state index contributed by atoms with van der Waals surface area (Å²) >= 11 is 0. The van der Waals surface area contributed by atoms with Gasteiger partial charge in [-0.15, -0.1) is 10.2 Å². The number of nitrogens with one attached hydrogen (secondary N) is 1. The summed E-state index contributed by atoms with van der Waals surface area (Å²) in [5.74, 6) is 1.60. The van der Waals surface area contributed by atoms with Crippen LogP contribution >= 0.6 is 0 Å². The van der Waals surface area contributed by atoms with Crippen molar-refractivity contribution in [2.45, 2.75) is 38.8 Å². The standard InChI is InChI=1S/C18H25N5O2/c1-4-25-15-9-7-14(8-10-15)16-6-5-11-23(16)18(24)20-13(2)17-21-19-12-22(17)3/h7-10,12-13,16H,4-6,11H2,1-3H3,(H,20,24)/t13-,16+/m1/s1. The number of hydrogen-bond acceptors (Lipinski definition) is 4. The van der Waals surface area contributed by atoms with E-state index in [1.165, 1.54) is 0 Å². The molecule has 0 saturated carbocycles. The Balaban J connectivity index is 1.68. The Morgan fingerprint density at radius 1 is 1.40 bits per heavy atom. The highest BCUT2D eigenvalue weighted by atomic mass is 16.5. The monoisotopic (exact) mass is 343 g/mol. The highest BCUT2D eigenvalue weighted by Crippen LogP contribution is 2.33. The Labute approximate surface area is 148 Å². The Hall–Kier alpha value is -2.57. The first kappa shape index (κ1) is 17.3. The summed E-state index contributed by atoms with van der Waals surface area (Å²) in [7, 11) is 1.87. The molecule has 25 heavy (non-hydrogen) atoms. The molecule has 2 amide bonds. The number of ether oxygens (including phenoxy) is 1. The quantitative estimate of drug-likeness (QED) is 0.906. The molecule has 0 spiro atoms. The summed E-state index contributed by atoms with van der Waals surface area (Å²) in [6, 6.07) is 7.88. The smallest absolute Gasteiger partial charge is 0.318 e. The fourth-order valence-corrected chi connectivity index (χ4v) is 3.33. The van der Waals surface area contributed by atoms with E-state index in [2.05, 4.69) is 15.5 Å². The maximum Gasteiger partial charge on any atom is 0.318 e. The normalized spacial score (nSPS) is 18.2. The first-order valence-electron chi connectivity index (χ1n) is 8.74. The lowest BCUT2D eigenvalue weighted by Gasteiger charge is -2.27. The van der Waals surface area contributed by atoms with Crippen LogP contribution in [0.5, 0.6) is 5.75 Å². The van der Waals surface area contributed by atoms with Crippen molar-refractivity contribution in [2.75, 3.05) is 13.2 Å². The highest BCUT2D eigenvalue weighted by Gasteiger charge is 2.31. The molecule has 2 heterocycles. The number of benzene rings is 1. The number of nitrogens with zero attached hydrogens (tertiary/aromatic N) is 4. The zero-order chi connectivity index (χ0) is 17.8. The van der Waals surface area contributed by atoms with Crippen molar-refractivity contribution in [3.8, 4) is 5.75 Å². The molecule has 7 heteroatoms. The average Bonchev–Trinajstić information content (AvgIpc) is 3.24. The fourth-order valence-electron chi connectivity index (χ4n) is 3.33. The van der Waals surface area contributed by atoms with E-state index in [0.717, 1.165) is 36.5 Å². The van der Waals surface area contributed by atoms with Crippen LogP contribution < -0.4 is 10.1 Å². The van der Waals surface area contributed by atoms with Crippen LogP contribution in [0.2, 0.25) is 0 Å². The Bertz CT molecular complexity index is 713. The van der Waals surface area contributed by atoms with E-state index in [4.69, 9.17) is 4.74 Å². The summed E-state index contributed by atoms with van der Waals surface area (Å²) in [6.07, 6.45) is 3.61. The molecule has 1 aliphatic rings. The van der Waals surface area contributed by atoms with E-state index in [-0.39, 0.29) is 18.1 Å². The van der Waals surface area contributed by atoms with Gasteiger partial charge in [-0.1, -0.05) is 12.1 Å². The lowest BCUT2D eigenvalue weighted by Crippen LogP contribution is -2.41. The molecule has 0 aliphatic carbocycles. The van der Waals surface area contributed by atoms with Crippen LogP contribution in [0.1, 0.15) is 50.2 Å². The summed E-state index contributed by atoms with van der Waals surface area (Å²) in [5.41, 5.74) is 1.14. The van der Waals surface area contributed by atoms with Crippen LogP contribution in [0.3, 0.4) is 0 Å². The van der Waals surface area contributed by atoms with Gasteiger partial charge in [0.1, 0.15) is 12.1 Å². The van der Waals surface area contributed by atoms with Crippen molar-refractivity contribution in [3.05, 3.63) is 42.0 Å². The van der Waals surface area contributed by atoms with Gasteiger partial charge >= 0.3 is 6.03 Å². The van der Waals surface area contributed by atoms with Gasteiger partial charge in [-0.2, -0.15) is 0 Å². The largest absolute Gasteiger partial charge is 0.494 e. The predicted molar refractivity (Wildman–Crippen MR) is 94.2 cm³/mol. The Morgan fingerprint density at radius 3 is 2.80 bits per heavy atom. The summed E-state index contributed by atoms with van der Waals surface area (Å²) in [5, 5.41) is 11.0. The van der Waals surface area contributed by atoms with Crippen LogP contribution in [0, 0.1) is 0 Å². The fraction of sp³-hybridized carbons (Fsp3) is 0.500. The van der Waals surface area contributed by atoms with Gasteiger partial charge in [-0.3, -0.25) is 0 Å². The minimum absolute atomic E-state index is 0.0631. The van der Waals surface area contributed by atoms with Gasteiger partial charge in [-0.05, 0) is 44.4 Å². The van der Waals surface area contributed by atoms with Crippen LogP contribution in [0.25, 0.3) is 0 Å². The molecule has 1 saturated heterocycles. The molecule has 1 N–H and O–H groups in total. The number of amides is 2. The second-order valence-corrected chi connectivity index (χ2v) is 6.32. The zero-order valence-electron chi connectivity index (χ0n) is 15.0. The topological polar surface area (TPSA) is 72.3 Å². The Kier molecular flexibility index (Phi) is 5.21. The molecule has 3 rings (SSSR count). The molecule has 134 valence electrons. The van der Waals surface area contributed by atoms with Gasteiger partial charge in [0.2, 0.25) is 0 Å². The number of likely N-dealkylation sites (tertiary alicyclic amines) is 1. The van der Waals surface area contributed by atoms with Crippen molar-refractivity contribution < 1.29 is 9.53 Å². The molecule has 0 bridgehead atoms. The van der Waals surface area contributed by atoms with Crippen LogP contribution in [0.4, 0.5) is 4.79 Å². The van der Waals surface area contributed by atoms with E-state index in [1.807, 2.05) is 54.6 Å². The van der Waals surface area contributed by atoms with E-state index >= 15 is 0 Å². The third-order valence-electron chi connectivity index (χ3n) is 4.56. The number of hydrogen-bond donors (Lipinski definition) is 1. The molecule has 1 aromatic heterocycles. The van der Waals surface area contributed by atoms with Crippen molar-refractivity contribution in [1.29, 1.82) is 0 Å². The van der Waals surface area contributed by atoms with E-state index in [9.17, 15) is 4.79 Å². The summed E-state index contributed by atoms with van der Waals surface area (Å²) in [6.45, 7) is 5.30. The van der Waals surface area contributed by atoms with Crippen LogP contribution in [0.15, 0.2) is 30.6 Å². The zero-order valence-corrected chi connectivity index (χ0v) is 15.0. The number of aromatic nitrogens is 3. The van der Waals surface area contributed by atoms with Crippen molar-refractivity contribution in [2.24, 2.45) is 7.05 Å². The average molecular weight is 343 g/mol. The van der Waals surface area contributed by atoms with Gasteiger partial charge in [0.25, 0.3) is 0 Å². The van der Waals surface area contributed by atoms with Gasteiger partial charge in [-0.25, -0.2) is 4.79 Å². The van der Waals surface area contributed by atoms with Crippen LogP contribution in [-0.2, 0) is 7.05 Å². The third-order valence-corrected chi connectivity index (χ3v) is 4.56. The van der Waals surface area contributed by atoms with E-state index < -0.39 is 0 Å². The van der Waals surface area contributed by atoms with Crippen LogP contribution in [-0.4, -0.2) is 38.8 Å². The first-order chi connectivity index (χ1) is 12.1. The first-order valence-corrected chi connectivity index (χ1v) is 8.74. The molecular formula is C18H25N5O2. The minimum atomic E-state index is -0.193. The molecule has 0 unspecified atom stereocenters. The van der Waals surface area contributed by atoms with Crippen molar-refractivity contribution in [3.63, 3.8) is 0 Å². The van der Waals surface area contributed by atoms with E-state index in [0.29, 0.717) is 6.61 Å². The van der Waals surface area contributed by atoms with Crippen molar-refractivity contribution >= 4 is 6.03 Å². The molecule has 1 aliphatic heterocycles. The molecule has 2 aromatic rings. The lowest BCUT2D eigenvalue weighted by atomic mass is 10.0. The Morgan fingerprint density at radius 2 is 2.16 bits per heavy atom. The maximum atomic E-state index is 12.7. The van der Waals surface area contributed by atoms with Gasteiger partial charge < -0.3 is 19.5 Å². The second kappa shape index (κ2) is 7.55. The van der Waals surface area contributed by atoms with Gasteiger partial charge in [0.05, 0.1) is 18.7 Å². The SMILES string of the molecule is CCOc1ccc([C@@H]2CCCN2C(=O)N[C@H](C)c2nncn2C)cc1. The minimum Gasteiger partial charge on any atom is -0.494 e. The molecular weight excluding hydrogens is 318 g/mol. The lowest BCUT2D eigenvalue weighted by molar-refractivity contribution is 0.189. The predicted octanol–water partition coefficient (Wildman–Crippen LogP) is 2.82. The maximum absolute atomic E-state index is 12.7. The molecule has 7 nitrogen and oxygen atoms in total. The molecule has 1 aromatic carbocycles. The van der Waals surface area contributed by atoms with Crippen molar-refractivity contribution in [1.82, 2.24) is 25.0 Å². The number of carbonyl (C=O) groups is 1. The molecule has 0 radical (unpaired) electrons. The summed E-state index contributed by atoms with van der Waals surface area (Å²) < 4.78 is 7.31. The molecule has 1 fully saturated rings. The number of urea groups is 1. The summed E-state index contributed by atoms with van der Waals surface area (Å²) in [4.78, 5) is 14.7. The highest BCUT2D eigenvalue weighted by molar-refractivity contribution is 5.75. The second-order valence-electron chi connectivity index (χ2n) is 6.32.